The molecule has 16 aromatic rings. The first kappa shape index (κ1) is 70.9. The molecule has 1 aliphatic heterocycles. The van der Waals surface area contributed by atoms with Crippen LogP contribution < -0.4 is 21.3 Å². The van der Waals surface area contributed by atoms with E-state index in [1.807, 2.05) is 48.5 Å². The molecule has 13 heterocycles. The highest BCUT2D eigenvalue weighted by molar-refractivity contribution is 5.94. The van der Waals surface area contributed by atoms with Gasteiger partial charge in [-0.15, -0.1) is 0 Å². The van der Waals surface area contributed by atoms with E-state index in [1.165, 1.54) is 81.6 Å². The normalized spacial score (nSPS) is 13.7. The fraction of sp³-hybridized carbons (Fsp3) is 0.311. The largest absolute Gasteiger partial charge is 0.356 e. The maximum absolute atomic E-state index is 14.6. The first-order valence-electron chi connectivity index (χ1n) is 34.2. The minimum Gasteiger partial charge on any atom is -0.356 e. The average Bonchev–Trinajstić information content (AvgIpc) is 1.62. The summed E-state index contributed by atoms with van der Waals surface area (Å²) in [6.45, 7) is 18.7. The molecular weight excluding hydrogens is 1370 g/mol. The number of rotatable bonds is 14. The molecule has 0 radical (unpaired) electrons. The standard InChI is InChI=1S/C21H24N6O.2C18H17F2N5O.C17H16F2N6O/c1-2-14-7-10-27(11-8-14)13-18-16-6-5-15(12-19(16)28-26-18)23-21-20-17(24-25-21)4-3-9-22-20;1-17(2,3)18(19,20)15-11-7-6-10(9-13(11)26-25-15)22-16-14-12(23-24-16)5-4-8-21-14;1-17(2,3)18(19,20)14-11-7-6-10(9-13(11)26-25-14)22-16-12-5-4-8-21-15(12)23-24-16;1-16(2,3)17(18,19)13-10-5-4-9(8-11(10)26-25-13)22-15-12-14(23-24-15)21-7-6-20-12/h3-6,9,12,14H,2,7-8,10-11,13H2,1H3,(H2,23,24,25);4-9H,1-3H3,(H2,22,23,24);4-9H,1-3H3,(H2,21,22,23,24);4-8H,1-3H3,(H2,21,22,23,24). The van der Waals surface area contributed by atoms with Crippen molar-refractivity contribution in [2.45, 2.75) is 113 Å². The minimum atomic E-state index is -3.12. The lowest BCUT2D eigenvalue weighted by molar-refractivity contribution is -0.108. The number of pyridine rings is 3. The summed E-state index contributed by atoms with van der Waals surface area (Å²) in [5.41, 5.74) is 5.43. The van der Waals surface area contributed by atoms with Crippen LogP contribution in [0.2, 0.25) is 0 Å². The second-order valence-corrected chi connectivity index (χ2v) is 28.9. The van der Waals surface area contributed by atoms with Crippen LogP contribution in [0.15, 0.2) is 158 Å². The van der Waals surface area contributed by atoms with E-state index < -0.39 is 34.0 Å². The van der Waals surface area contributed by atoms with Gasteiger partial charge in [0.1, 0.15) is 22.5 Å². The van der Waals surface area contributed by atoms with Crippen LogP contribution in [0, 0.1) is 22.2 Å². The van der Waals surface area contributed by atoms with E-state index in [-0.39, 0.29) is 39.2 Å². The van der Waals surface area contributed by atoms with Crippen LogP contribution >= 0.6 is 0 Å². The average molecular weight is 1450 g/mol. The number of likely N-dealkylation sites (tertiary alicyclic amines) is 1. The third-order valence-corrected chi connectivity index (χ3v) is 18.6. The zero-order valence-corrected chi connectivity index (χ0v) is 59.3. The molecule has 1 fully saturated rings. The van der Waals surface area contributed by atoms with E-state index in [0.29, 0.717) is 73.4 Å². The summed E-state index contributed by atoms with van der Waals surface area (Å²) in [7, 11) is 0. The van der Waals surface area contributed by atoms with Crippen molar-refractivity contribution in [2.24, 2.45) is 22.2 Å². The highest BCUT2D eigenvalue weighted by atomic mass is 19.3. The van der Waals surface area contributed by atoms with Gasteiger partial charge in [0.25, 0.3) is 17.8 Å². The molecule has 0 atom stereocenters. The maximum Gasteiger partial charge on any atom is 0.298 e. The lowest BCUT2D eigenvalue weighted by atomic mass is 9.85. The number of aromatic nitrogens is 17. The number of nitrogens with zero attached hydrogens (tertiary/aromatic N) is 14. The summed E-state index contributed by atoms with van der Waals surface area (Å²) in [5.74, 6) is -6.02. The number of anilines is 8. The summed E-state index contributed by atoms with van der Waals surface area (Å²) < 4.78 is 109. The topological polar surface area (TPSA) is 335 Å². The molecule has 4 aromatic carbocycles. The van der Waals surface area contributed by atoms with Crippen LogP contribution in [-0.4, -0.2) is 104 Å². The highest BCUT2D eigenvalue weighted by Crippen LogP contribution is 2.49. The number of piperidine rings is 1. The Labute approximate surface area is 599 Å². The van der Waals surface area contributed by atoms with E-state index in [2.05, 4.69) is 125 Å². The number of halogens is 6. The van der Waals surface area contributed by atoms with Gasteiger partial charge in [0, 0.05) is 106 Å². The SMILES string of the molecule is CC(C)(C)C(F)(F)c1noc2cc(Nc3[nH]nc4ncccc34)ccc12.CC(C)(C)C(F)(F)c1noc2cc(Nc3[nH]nc4nccnc34)ccc12.CC(C)(C)C(F)(F)c1noc2cc(Nc3n[nH]c4cccnc34)ccc12.CCC1CCN(Cc2noc3cc(Nc4n[nH]c5cccnc45)ccc23)CC1. The van der Waals surface area contributed by atoms with Gasteiger partial charge in [-0.1, -0.05) is 96.3 Å². The van der Waals surface area contributed by atoms with E-state index in [4.69, 9.17) is 18.1 Å². The number of fused-ring (bicyclic) bond motifs is 8. The lowest BCUT2D eigenvalue weighted by Crippen LogP contribution is -2.33. The fourth-order valence-corrected chi connectivity index (χ4v) is 12.0. The van der Waals surface area contributed by atoms with Gasteiger partial charge in [-0.25, -0.2) is 15.0 Å². The van der Waals surface area contributed by atoms with Crippen molar-refractivity contribution >= 4 is 134 Å². The number of hydrogen-bond acceptors (Lipinski definition) is 22. The van der Waals surface area contributed by atoms with Gasteiger partial charge in [0.15, 0.2) is 68.0 Å². The summed E-state index contributed by atoms with van der Waals surface area (Å²) in [6.07, 6.45) is 12.1. The molecule has 0 spiro atoms. The summed E-state index contributed by atoms with van der Waals surface area (Å²) in [6, 6.07) is 31.9. The van der Waals surface area contributed by atoms with Crippen molar-refractivity contribution in [3.05, 3.63) is 163 Å². The number of alkyl halides is 6. The number of hydrogen-bond donors (Lipinski definition) is 8. The van der Waals surface area contributed by atoms with Crippen LogP contribution in [0.5, 0.6) is 0 Å². The van der Waals surface area contributed by atoms with Crippen LogP contribution in [0.25, 0.3) is 88.1 Å². The molecule has 106 heavy (non-hydrogen) atoms. The molecule has 1 saturated heterocycles. The third-order valence-electron chi connectivity index (χ3n) is 18.6. The Morgan fingerprint density at radius 1 is 0.415 bits per heavy atom. The number of aromatic amines is 4. The molecule has 0 unspecified atom stereocenters. The molecular formula is C74H74F6N22O4. The second-order valence-electron chi connectivity index (χ2n) is 28.9. The molecule has 1 aliphatic rings. The quantitative estimate of drug-likeness (QED) is 0.0469. The van der Waals surface area contributed by atoms with Crippen molar-refractivity contribution in [3.63, 3.8) is 0 Å². The first-order valence-corrected chi connectivity index (χ1v) is 34.2. The number of nitrogens with one attached hydrogen (secondary N) is 8. The predicted molar refractivity (Wildman–Crippen MR) is 391 cm³/mol. The summed E-state index contributed by atoms with van der Waals surface area (Å²) in [4.78, 5) is 23.6. The monoisotopic (exact) mass is 1450 g/mol. The predicted octanol–water partition coefficient (Wildman–Crippen LogP) is 18.8. The van der Waals surface area contributed by atoms with Crippen LogP contribution in [0.1, 0.15) is 111 Å². The first-order chi connectivity index (χ1) is 50.6. The van der Waals surface area contributed by atoms with Gasteiger partial charge in [0.2, 0.25) is 5.65 Å². The molecule has 32 heteroatoms. The van der Waals surface area contributed by atoms with Crippen LogP contribution in [-0.2, 0) is 24.3 Å². The summed E-state index contributed by atoms with van der Waals surface area (Å²) >= 11 is 0. The molecule has 0 aliphatic carbocycles. The Morgan fingerprint density at radius 3 is 1.30 bits per heavy atom. The van der Waals surface area contributed by atoms with Crippen molar-refractivity contribution in [1.29, 1.82) is 0 Å². The van der Waals surface area contributed by atoms with E-state index in [1.54, 1.807) is 85.6 Å². The Kier molecular flexibility index (Phi) is 18.6. The fourth-order valence-electron chi connectivity index (χ4n) is 12.0. The van der Waals surface area contributed by atoms with Crippen LogP contribution in [0.3, 0.4) is 0 Å². The van der Waals surface area contributed by atoms with E-state index >= 15 is 0 Å². The van der Waals surface area contributed by atoms with Gasteiger partial charge in [-0.05, 0) is 117 Å². The number of benzene rings is 4. The smallest absolute Gasteiger partial charge is 0.298 e. The molecule has 0 amide bonds. The van der Waals surface area contributed by atoms with Crippen LogP contribution in [0.4, 0.5) is 72.4 Å². The highest BCUT2D eigenvalue weighted by Gasteiger charge is 2.51. The Morgan fingerprint density at radius 2 is 0.811 bits per heavy atom. The summed E-state index contributed by atoms with van der Waals surface area (Å²) in [5, 5.41) is 58.9. The van der Waals surface area contributed by atoms with Crippen molar-refractivity contribution in [3.8, 4) is 0 Å². The maximum atomic E-state index is 14.6. The molecule has 0 bridgehead atoms. The van der Waals surface area contributed by atoms with Crippen molar-refractivity contribution in [1.82, 2.24) is 91.2 Å². The van der Waals surface area contributed by atoms with Crippen molar-refractivity contribution < 1.29 is 44.4 Å². The van der Waals surface area contributed by atoms with E-state index in [0.717, 1.165) is 69.8 Å². The molecule has 0 saturated carbocycles. The second kappa shape index (κ2) is 27.8. The molecule has 8 N–H and O–H groups in total. The Hall–Kier alpha value is -12.1. The molecule has 546 valence electrons. The molecule has 17 rings (SSSR count). The van der Waals surface area contributed by atoms with Gasteiger partial charge >= 0.3 is 0 Å². The van der Waals surface area contributed by atoms with E-state index in [9.17, 15) is 26.3 Å². The number of H-pyrrole nitrogens is 4. The Balaban J connectivity index is 0.000000119. The Bertz CT molecular complexity index is 5370. The zero-order valence-electron chi connectivity index (χ0n) is 59.3. The van der Waals surface area contributed by atoms with Gasteiger partial charge < -0.3 is 39.4 Å². The van der Waals surface area contributed by atoms with Gasteiger partial charge in [0.05, 0.1) is 32.6 Å². The third kappa shape index (κ3) is 14.0. The lowest BCUT2D eigenvalue weighted by Gasteiger charge is -2.30. The van der Waals surface area contributed by atoms with Crippen molar-refractivity contribution in [2.75, 3.05) is 34.4 Å². The molecule has 26 nitrogen and oxygen atoms in total. The minimum absolute atomic E-state index is 0.267. The van der Waals surface area contributed by atoms with Gasteiger partial charge in [-0.2, -0.15) is 46.7 Å². The zero-order chi connectivity index (χ0) is 74.5. The van der Waals surface area contributed by atoms with Gasteiger partial charge in [-0.3, -0.25) is 35.3 Å². The molecule has 12 aromatic heterocycles.